The van der Waals surface area contributed by atoms with E-state index in [9.17, 15) is 50.4 Å². The SMILES string of the molecule is COc1nc(OC)nc(O[C@@H]2O[C@H](CO)[C@H](O)[C@H](O[C@@H]3O[C@H](CO)[C@H](O[C@H]4O[C@H](CO)[C@@H](O)[C@H](O)[C@H]4NC(C)=O)[C@H](O)[C@H]3O)[C@H]2NC(C)=O)n1. The van der Waals surface area contributed by atoms with E-state index in [-0.39, 0.29) is 12.0 Å². The van der Waals surface area contributed by atoms with Gasteiger partial charge in [-0.2, -0.15) is 0 Å². The van der Waals surface area contributed by atoms with Gasteiger partial charge in [0.1, 0.15) is 73.1 Å². The van der Waals surface area contributed by atoms with Crippen LogP contribution in [0.4, 0.5) is 0 Å². The number of rotatable bonds is 13. The van der Waals surface area contributed by atoms with Crippen molar-refractivity contribution in [2.45, 2.75) is 106 Å². The molecule has 50 heavy (non-hydrogen) atoms. The van der Waals surface area contributed by atoms with E-state index in [2.05, 4.69) is 25.6 Å². The highest BCUT2D eigenvalue weighted by molar-refractivity contribution is 5.73. The van der Waals surface area contributed by atoms with Crippen LogP contribution in [-0.2, 0) is 33.3 Å². The third-order valence-corrected chi connectivity index (χ3v) is 8.04. The van der Waals surface area contributed by atoms with Crippen LogP contribution in [-0.4, -0.2) is 194 Å². The lowest BCUT2D eigenvalue weighted by molar-refractivity contribution is -0.363. The molecular formula is C27H43N5O18. The largest absolute Gasteiger partial charge is 0.467 e. The Labute approximate surface area is 284 Å². The number of hydrogen-bond donors (Lipinski definition) is 10. The number of aliphatic hydroxyl groups is 8. The number of carbonyl (C=O) groups excluding carboxylic acids is 2. The van der Waals surface area contributed by atoms with Crippen molar-refractivity contribution in [2.24, 2.45) is 0 Å². The molecule has 10 N–H and O–H groups in total. The Kier molecular flexibility index (Phi) is 13.8. The van der Waals surface area contributed by atoms with Gasteiger partial charge in [-0.1, -0.05) is 0 Å². The molecule has 0 radical (unpaired) electrons. The molecule has 0 bridgehead atoms. The van der Waals surface area contributed by atoms with Gasteiger partial charge in [-0.25, -0.2) is 0 Å². The molecule has 0 aromatic carbocycles. The molecule has 1 aromatic rings. The van der Waals surface area contributed by atoms with E-state index >= 15 is 0 Å². The topological polar surface area (TPSA) is 333 Å². The van der Waals surface area contributed by atoms with Crippen LogP contribution >= 0.6 is 0 Å². The first kappa shape index (κ1) is 39.6. The van der Waals surface area contributed by atoms with E-state index < -0.39 is 130 Å². The number of nitrogens with zero attached hydrogens (tertiary/aromatic N) is 3. The van der Waals surface area contributed by atoms with Gasteiger partial charge in [-0.3, -0.25) is 9.59 Å². The van der Waals surface area contributed by atoms with Gasteiger partial charge in [0.25, 0.3) is 0 Å². The fraction of sp³-hybridized carbons (Fsp3) is 0.815. The van der Waals surface area contributed by atoms with Crippen molar-refractivity contribution >= 4 is 11.8 Å². The molecule has 23 heteroatoms. The Morgan fingerprint density at radius 3 is 1.62 bits per heavy atom. The maximum Gasteiger partial charge on any atom is 0.328 e. The van der Waals surface area contributed by atoms with Gasteiger partial charge in [0.05, 0.1) is 34.0 Å². The molecule has 0 spiro atoms. The number of carbonyl (C=O) groups is 2. The Hall–Kier alpha value is -3.17. The van der Waals surface area contributed by atoms with E-state index in [0.29, 0.717) is 0 Å². The molecule has 3 aliphatic heterocycles. The monoisotopic (exact) mass is 725 g/mol. The molecule has 15 atom stereocenters. The third-order valence-electron chi connectivity index (χ3n) is 8.04. The summed E-state index contributed by atoms with van der Waals surface area (Å²) >= 11 is 0. The van der Waals surface area contributed by atoms with E-state index in [1.54, 1.807) is 0 Å². The summed E-state index contributed by atoms with van der Waals surface area (Å²) in [5, 5.41) is 89.0. The molecule has 1 aromatic heterocycles. The molecule has 4 heterocycles. The minimum atomic E-state index is -2.01. The molecule has 3 fully saturated rings. The van der Waals surface area contributed by atoms with Crippen LogP contribution in [0.15, 0.2) is 0 Å². The zero-order valence-corrected chi connectivity index (χ0v) is 27.3. The minimum Gasteiger partial charge on any atom is -0.467 e. The number of aromatic nitrogens is 3. The summed E-state index contributed by atoms with van der Waals surface area (Å²) in [6, 6.07) is -3.73. The second kappa shape index (κ2) is 17.4. The highest BCUT2D eigenvalue weighted by Crippen LogP contribution is 2.33. The molecule has 2 amide bonds. The summed E-state index contributed by atoms with van der Waals surface area (Å²) < 4.78 is 44.4. The number of ether oxygens (including phenoxy) is 8. The standard InChI is InChI=1S/C27H43N5O18/c1-8(36)28-13-17(40)15(38)10(5-33)45-22(13)48-20-12(7-35)47-24(19(42)18(20)41)49-21-14(29-9(2)37)23(46-11(6-34)16(21)39)50-27-31-25(43-3)30-26(32-27)44-4/h10-24,33-35,38-42H,5-7H2,1-4H3,(H,28,36)(H,29,37)/t10-,11-,12-,13-,14-,15-,16+,17-,18-,19-,20+,21-,22-,23+,24+/m1/s1. The van der Waals surface area contributed by atoms with Crippen LogP contribution in [0.5, 0.6) is 18.0 Å². The minimum absolute atomic E-state index is 0.218. The predicted octanol–water partition coefficient (Wildman–Crippen LogP) is -7.00. The van der Waals surface area contributed by atoms with E-state index in [1.165, 1.54) is 14.2 Å². The lowest BCUT2D eigenvalue weighted by Crippen LogP contribution is -2.69. The van der Waals surface area contributed by atoms with Crippen molar-refractivity contribution in [3.05, 3.63) is 0 Å². The summed E-state index contributed by atoms with van der Waals surface area (Å²) in [5.74, 6) is -1.32. The molecular weight excluding hydrogens is 682 g/mol. The van der Waals surface area contributed by atoms with Crippen LogP contribution in [0.1, 0.15) is 13.8 Å². The average molecular weight is 726 g/mol. The lowest BCUT2D eigenvalue weighted by Gasteiger charge is -2.49. The van der Waals surface area contributed by atoms with Gasteiger partial charge in [-0.05, 0) is 0 Å². The number of hydrogen-bond acceptors (Lipinski definition) is 21. The zero-order valence-electron chi connectivity index (χ0n) is 27.3. The Morgan fingerprint density at radius 1 is 0.600 bits per heavy atom. The fourth-order valence-corrected chi connectivity index (χ4v) is 5.61. The number of amides is 2. The van der Waals surface area contributed by atoms with Crippen LogP contribution in [0, 0.1) is 0 Å². The first-order chi connectivity index (χ1) is 23.8. The summed E-state index contributed by atoms with van der Waals surface area (Å²) in [7, 11) is 2.53. The van der Waals surface area contributed by atoms with E-state index in [1.807, 2.05) is 0 Å². The summed E-state index contributed by atoms with van der Waals surface area (Å²) in [6.07, 6.45) is -21.7. The van der Waals surface area contributed by atoms with Crippen LogP contribution < -0.4 is 24.8 Å². The molecule has 4 rings (SSSR count). The van der Waals surface area contributed by atoms with E-state index in [4.69, 9.17) is 37.9 Å². The molecule has 0 unspecified atom stereocenters. The molecule has 284 valence electrons. The second-order valence-electron chi connectivity index (χ2n) is 11.5. The van der Waals surface area contributed by atoms with E-state index in [0.717, 1.165) is 13.8 Å². The van der Waals surface area contributed by atoms with Gasteiger partial charge in [0, 0.05) is 13.8 Å². The van der Waals surface area contributed by atoms with Gasteiger partial charge >= 0.3 is 18.0 Å². The lowest BCUT2D eigenvalue weighted by atomic mass is 9.94. The van der Waals surface area contributed by atoms with Gasteiger partial charge < -0.3 is 89.4 Å². The Balaban J connectivity index is 1.59. The van der Waals surface area contributed by atoms with Crippen molar-refractivity contribution in [1.82, 2.24) is 25.6 Å². The number of nitrogens with one attached hydrogen (secondary N) is 2. The maximum absolute atomic E-state index is 12.3. The molecule has 0 saturated carbocycles. The van der Waals surface area contributed by atoms with Crippen LogP contribution in [0.2, 0.25) is 0 Å². The first-order valence-electron chi connectivity index (χ1n) is 15.3. The van der Waals surface area contributed by atoms with Crippen LogP contribution in [0.25, 0.3) is 0 Å². The van der Waals surface area contributed by atoms with Gasteiger partial charge in [0.2, 0.25) is 18.1 Å². The molecule has 0 aliphatic carbocycles. The van der Waals surface area contributed by atoms with Crippen molar-refractivity contribution in [3.63, 3.8) is 0 Å². The summed E-state index contributed by atoms with van der Waals surface area (Å²) in [4.78, 5) is 35.8. The average Bonchev–Trinajstić information content (AvgIpc) is 3.09. The Bertz CT molecular complexity index is 1260. The highest BCUT2D eigenvalue weighted by atomic mass is 16.7. The third kappa shape index (κ3) is 8.82. The predicted molar refractivity (Wildman–Crippen MR) is 156 cm³/mol. The molecule has 3 aliphatic rings. The van der Waals surface area contributed by atoms with Crippen molar-refractivity contribution < 1.29 is 88.3 Å². The normalized spacial score (nSPS) is 38.9. The zero-order chi connectivity index (χ0) is 36.9. The quantitative estimate of drug-likeness (QED) is 0.0903. The van der Waals surface area contributed by atoms with Crippen molar-refractivity contribution in [1.29, 1.82) is 0 Å². The maximum atomic E-state index is 12.3. The van der Waals surface area contributed by atoms with Gasteiger partial charge in [-0.15, -0.1) is 15.0 Å². The number of aliphatic hydroxyl groups excluding tert-OH is 8. The molecule has 23 nitrogen and oxygen atoms in total. The first-order valence-corrected chi connectivity index (χ1v) is 15.3. The fourth-order valence-electron chi connectivity index (χ4n) is 5.61. The van der Waals surface area contributed by atoms with Gasteiger partial charge in [0.15, 0.2) is 12.6 Å². The summed E-state index contributed by atoms with van der Waals surface area (Å²) in [6.45, 7) is -0.197. The summed E-state index contributed by atoms with van der Waals surface area (Å²) in [5.41, 5.74) is 0. The van der Waals surface area contributed by atoms with Crippen molar-refractivity contribution in [2.75, 3.05) is 34.0 Å². The van der Waals surface area contributed by atoms with Crippen LogP contribution in [0.3, 0.4) is 0 Å². The smallest absolute Gasteiger partial charge is 0.328 e. The second-order valence-corrected chi connectivity index (χ2v) is 11.5. The van der Waals surface area contributed by atoms with Crippen molar-refractivity contribution in [3.8, 4) is 18.0 Å². The molecule has 3 saturated heterocycles. The Morgan fingerprint density at radius 2 is 1.08 bits per heavy atom. The number of methoxy groups -OCH3 is 2. The highest BCUT2D eigenvalue weighted by Gasteiger charge is 2.54.